The first-order valence-electron chi connectivity index (χ1n) is 8.59. The van der Waals surface area contributed by atoms with Crippen LogP contribution < -0.4 is 19.7 Å². The van der Waals surface area contributed by atoms with Gasteiger partial charge in [0.25, 0.3) is 0 Å². The number of hydrogen-bond donors (Lipinski definition) is 1. The maximum Gasteiger partial charge on any atom is 0.231 e. The molecule has 3 rings (SSSR count). The van der Waals surface area contributed by atoms with E-state index >= 15 is 0 Å². The molecule has 2 aromatic rings. The molecule has 1 aliphatic heterocycles. The second kappa shape index (κ2) is 7.91. The third kappa shape index (κ3) is 4.02. The molecule has 0 spiro atoms. The highest BCUT2D eigenvalue weighted by Crippen LogP contribution is 2.36. The Kier molecular flexibility index (Phi) is 5.59. The topological polar surface area (TPSA) is 93.6 Å². The quantitative estimate of drug-likeness (QED) is 0.815. The average Bonchev–Trinajstić information content (AvgIpc) is 3.28. The first-order valence-corrected chi connectivity index (χ1v) is 9.41. The van der Waals surface area contributed by atoms with Crippen LogP contribution in [0.15, 0.2) is 18.2 Å². The zero-order valence-corrected chi connectivity index (χ0v) is 16.5. The lowest BCUT2D eigenvalue weighted by molar-refractivity contribution is -0.122. The highest BCUT2D eigenvalue weighted by Gasteiger charge is 2.36. The van der Waals surface area contributed by atoms with Gasteiger partial charge in [0.05, 0.1) is 25.8 Å². The van der Waals surface area contributed by atoms with Gasteiger partial charge in [-0.1, -0.05) is 25.2 Å². The average molecular weight is 390 g/mol. The second-order valence-electron chi connectivity index (χ2n) is 6.53. The first kappa shape index (κ1) is 19.1. The Hall–Kier alpha value is -2.68. The lowest BCUT2D eigenvalue weighted by atomic mass is 10.1. The number of carbonyl (C=O) groups excluding carboxylic acids is 2. The van der Waals surface area contributed by atoms with Gasteiger partial charge in [-0.3, -0.25) is 9.59 Å². The number of ether oxygens (including phenoxy) is 2. The summed E-state index contributed by atoms with van der Waals surface area (Å²) >= 11 is 1.35. The van der Waals surface area contributed by atoms with Crippen LogP contribution in [0.3, 0.4) is 0 Å². The van der Waals surface area contributed by atoms with Crippen LogP contribution in [0, 0.1) is 5.92 Å². The van der Waals surface area contributed by atoms with Crippen molar-refractivity contribution in [3.05, 3.63) is 23.2 Å². The Morgan fingerprint density at radius 1 is 1.30 bits per heavy atom. The van der Waals surface area contributed by atoms with Crippen LogP contribution in [0.5, 0.6) is 11.5 Å². The van der Waals surface area contributed by atoms with Crippen LogP contribution in [-0.4, -0.2) is 42.8 Å². The number of carbonyl (C=O) groups is 2. The molecule has 1 aromatic carbocycles. The summed E-state index contributed by atoms with van der Waals surface area (Å²) in [5.41, 5.74) is 0.622. The minimum absolute atomic E-state index is 0.126. The summed E-state index contributed by atoms with van der Waals surface area (Å²) in [5, 5.41) is 12.1. The third-order valence-electron chi connectivity index (χ3n) is 4.34. The number of aromatic nitrogens is 2. The van der Waals surface area contributed by atoms with Gasteiger partial charge < -0.3 is 19.7 Å². The predicted octanol–water partition coefficient (Wildman–Crippen LogP) is 2.67. The van der Waals surface area contributed by atoms with E-state index in [9.17, 15) is 9.59 Å². The van der Waals surface area contributed by atoms with Crippen molar-refractivity contribution in [1.29, 1.82) is 0 Å². The SMILES string of the molecule is COc1ccc(N2C[C@H](C(=O)Nc3nnc(C(C)C)s3)CC2=O)c(OC)c1. The van der Waals surface area contributed by atoms with E-state index in [0.29, 0.717) is 22.3 Å². The summed E-state index contributed by atoms with van der Waals surface area (Å²) in [4.78, 5) is 26.6. The summed E-state index contributed by atoms with van der Waals surface area (Å²) in [6, 6.07) is 5.23. The Morgan fingerprint density at radius 3 is 2.70 bits per heavy atom. The molecule has 1 aliphatic rings. The molecule has 1 fully saturated rings. The monoisotopic (exact) mass is 390 g/mol. The lowest BCUT2D eigenvalue weighted by Gasteiger charge is -2.20. The summed E-state index contributed by atoms with van der Waals surface area (Å²) in [5.74, 6) is 0.585. The zero-order valence-electron chi connectivity index (χ0n) is 15.7. The van der Waals surface area contributed by atoms with Gasteiger partial charge in [0.2, 0.25) is 16.9 Å². The Labute approximate surface area is 161 Å². The van der Waals surface area contributed by atoms with E-state index in [1.54, 1.807) is 30.2 Å². The Morgan fingerprint density at radius 2 is 2.07 bits per heavy atom. The molecule has 0 radical (unpaired) electrons. The molecule has 2 amide bonds. The number of hydrogen-bond acceptors (Lipinski definition) is 7. The molecule has 0 unspecified atom stereocenters. The Balaban J connectivity index is 1.72. The van der Waals surface area contributed by atoms with Gasteiger partial charge in [0, 0.05) is 24.9 Å². The molecule has 0 saturated carbocycles. The molecule has 0 bridgehead atoms. The van der Waals surface area contributed by atoms with Gasteiger partial charge >= 0.3 is 0 Å². The normalized spacial score (nSPS) is 16.7. The van der Waals surface area contributed by atoms with E-state index in [1.807, 2.05) is 13.8 Å². The van der Waals surface area contributed by atoms with E-state index in [2.05, 4.69) is 15.5 Å². The fourth-order valence-corrected chi connectivity index (χ4v) is 3.60. The van der Waals surface area contributed by atoms with E-state index in [4.69, 9.17) is 9.47 Å². The van der Waals surface area contributed by atoms with E-state index in [1.165, 1.54) is 18.4 Å². The number of benzene rings is 1. The Bertz CT molecular complexity index is 852. The highest BCUT2D eigenvalue weighted by molar-refractivity contribution is 7.15. The number of nitrogens with one attached hydrogen (secondary N) is 1. The maximum absolute atomic E-state index is 12.6. The van der Waals surface area contributed by atoms with Crippen LogP contribution in [0.25, 0.3) is 0 Å². The van der Waals surface area contributed by atoms with Crippen LogP contribution in [-0.2, 0) is 9.59 Å². The van der Waals surface area contributed by atoms with Crippen molar-refractivity contribution in [1.82, 2.24) is 10.2 Å². The molecular formula is C18H22N4O4S. The molecule has 8 nitrogen and oxygen atoms in total. The molecule has 27 heavy (non-hydrogen) atoms. The molecule has 9 heteroatoms. The largest absolute Gasteiger partial charge is 0.497 e. The third-order valence-corrected chi connectivity index (χ3v) is 5.48. The van der Waals surface area contributed by atoms with Gasteiger partial charge in [-0.2, -0.15) is 0 Å². The number of anilines is 2. The van der Waals surface area contributed by atoms with Crippen LogP contribution in [0.4, 0.5) is 10.8 Å². The van der Waals surface area contributed by atoms with Gasteiger partial charge in [-0.15, -0.1) is 10.2 Å². The first-order chi connectivity index (χ1) is 12.9. The van der Waals surface area contributed by atoms with Gasteiger partial charge in [0.15, 0.2) is 0 Å². The molecule has 1 atom stereocenters. The molecule has 2 heterocycles. The van der Waals surface area contributed by atoms with Crippen molar-refractivity contribution in [3.63, 3.8) is 0 Å². The van der Waals surface area contributed by atoms with Gasteiger partial charge in [-0.05, 0) is 12.1 Å². The summed E-state index contributed by atoms with van der Waals surface area (Å²) in [6.45, 7) is 4.31. The molecule has 1 aromatic heterocycles. The highest BCUT2D eigenvalue weighted by atomic mass is 32.1. The van der Waals surface area contributed by atoms with Crippen LogP contribution in [0.1, 0.15) is 31.2 Å². The smallest absolute Gasteiger partial charge is 0.231 e. The van der Waals surface area contributed by atoms with Crippen LogP contribution >= 0.6 is 11.3 Å². The van der Waals surface area contributed by atoms with Gasteiger partial charge in [0.1, 0.15) is 16.5 Å². The summed E-state index contributed by atoms with van der Waals surface area (Å²) < 4.78 is 10.6. The predicted molar refractivity (Wildman–Crippen MR) is 103 cm³/mol. The number of rotatable bonds is 6. The van der Waals surface area contributed by atoms with E-state index < -0.39 is 5.92 Å². The molecular weight excluding hydrogens is 368 g/mol. The van der Waals surface area contributed by atoms with E-state index in [0.717, 1.165) is 5.01 Å². The van der Waals surface area contributed by atoms with Crippen molar-refractivity contribution < 1.29 is 19.1 Å². The fourth-order valence-electron chi connectivity index (χ4n) is 2.85. The summed E-state index contributed by atoms with van der Waals surface area (Å²) in [6.07, 6.45) is 0.136. The maximum atomic E-state index is 12.6. The number of amides is 2. The lowest BCUT2D eigenvalue weighted by Crippen LogP contribution is -2.28. The van der Waals surface area contributed by atoms with Gasteiger partial charge in [-0.25, -0.2) is 0 Å². The van der Waals surface area contributed by atoms with Crippen molar-refractivity contribution in [2.45, 2.75) is 26.2 Å². The minimum Gasteiger partial charge on any atom is -0.497 e. The van der Waals surface area contributed by atoms with E-state index in [-0.39, 0.29) is 30.7 Å². The standard InChI is InChI=1S/C18H22N4O4S/c1-10(2)17-20-21-18(27-17)19-16(24)11-7-15(23)22(9-11)13-6-5-12(25-3)8-14(13)26-4/h5-6,8,10-11H,7,9H2,1-4H3,(H,19,21,24)/t11-/m1/s1. The van der Waals surface area contributed by atoms with Crippen molar-refractivity contribution in [2.75, 3.05) is 31.0 Å². The summed E-state index contributed by atoms with van der Waals surface area (Å²) in [7, 11) is 3.10. The fraction of sp³-hybridized carbons (Fsp3) is 0.444. The number of methoxy groups -OCH3 is 2. The molecule has 1 saturated heterocycles. The number of nitrogens with zero attached hydrogens (tertiary/aromatic N) is 3. The molecule has 1 N–H and O–H groups in total. The van der Waals surface area contributed by atoms with Crippen molar-refractivity contribution >= 4 is 34.0 Å². The second-order valence-corrected chi connectivity index (χ2v) is 7.54. The van der Waals surface area contributed by atoms with Crippen LogP contribution in [0.2, 0.25) is 0 Å². The molecule has 144 valence electrons. The zero-order chi connectivity index (χ0) is 19.6. The minimum atomic E-state index is -0.462. The van der Waals surface area contributed by atoms with Crippen molar-refractivity contribution in [3.8, 4) is 11.5 Å². The molecule has 0 aliphatic carbocycles. The van der Waals surface area contributed by atoms with Crippen molar-refractivity contribution in [2.24, 2.45) is 5.92 Å².